The van der Waals surface area contributed by atoms with Gasteiger partial charge >= 0.3 is 0 Å². The highest BCUT2D eigenvalue weighted by molar-refractivity contribution is 5.85. The van der Waals surface area contributed by atoms with Crippen molar-refractivity contribution >= 4 is 5.78 Å². The van der Waals surface area contributed by atoms with E-state index in [0.717, 1.165) is 13.1 Å². The van der Waals surface area contributed by atoms with Crippen LogP contribution in [0.3, 0.4) is 0 Å². The molecule has 1 atom stereocenters. The summed E-state index contributed by atoms with van der Waals surface area (Å²) in [5.74, 6) is 0.159. The van der Waals surface area contributed by atoms with Crippen LogP contribution in [0.15, 0.2) is 0 Å². The molecule has 0 amide bonds. The zero-order valence-corrected chi connectivity index (χ0v) is 7.05. The normalized spacial score (nSPS) is 22.0. The van der Waals surface area contributed by atoms with Gasteiger partial charge in [-0.1, -0.05) is 0 Å². The molecule has 0 aromatic carbocycles. The highest BCUT2D eigenvalue weighted by Gasteiger charge is 2.22. The van der Waals surface area contributed by atoms with Crippen LogP contribution < -0.4 is 5.73 Å². The van der Waals surface area contributed by atoms with Gasteiger partial charge in [-0.2, -0.15) is 0 Å². The maximum absolute atomic E-state index is 11.1. The Morgan fingerprint density at radius 3 is 2.55 bits per heavy atom. The van der Waals surface area contributed by atoms with E-state index in [1.165, 1.54) is 12.8 Å². The summed E-state index contributed by atoms with van der Waals surface area (Å²) in [5, 5.41) is 0. The molecule has 1 aliphatic heterocycles. The summed E-state index contributed by atoms with van der Waals surface area (Å²) >= 11 is 0. The fourth-order valence-electron chi connectivity index (χ4n) is 1.50. The minimum Gasteiger partial charge on any atom is -0.324 e. The molecule has 1 aliphatic rings. The Balaban J connectivity index is 2.39. The molecule has 2 N–H and O–H groups in total. The third-order valence-corrected chi connectivity index (χ3v) is 2.36. The van der Waals surface area contributed by atoms with Gasteiger partial charge in [0.15, 0.2) is 5.78 Å². The first-order chi connectivity index (χ1) is 5.25. The molecule has 0 radical (unpaired) electrons. The maximum atomic E-state index is 11.1. The number of hydrogen-bond acceptors (Lipinski definition) is 3. The van der Waals surface area contributed by atoms with Crippen LogP contribution in [0.5, 0.6) is 0 Å². The first-order valence-electron chi connectivity index (χ1n) is 4.22. The lowest BCUT2D eigenvalue weighted by molar-refractivity contribution is -0.122. The molecule has 3 nitrogen and oxygen atoms in total. The second-order valence-corrected chi connectivity index (χ2v) is 3.09. The SMILES string of the molecule is CC(C(=O)CN)N1CCCC1. The van der Waals surface area contributed by atoms with Crippen LogP contribution in [-0.4, -0.2) is 36.4 Å². The largest absolute Gasteiger partial charge is 0.324 e. The van der Waals surface area contributed by atoms with Crippen molar-refractivity contribution in [3.05, 3.63) is 0 Å². The molecule has 1 rings (SSSR count). The van der Waals surface area contributed by atoms with Crippen molar-refractivity contribution in [1.82, 2.24) is 4.90 Å². The molecule has 0 aromatic heterocycles. The van der Waals surface area contributed by atoms with Crippen molar-refractivity contribution in [2.75, 3.05) is 19.6 Å². The second kappa shape index (κ2) is 3.83. The summed E-state index contributed by atoms with van der Waals surface area (Å²) < 4.78 is 0. The summed E-state index contributed by atoms with van der Waals surface area (Å²) in [5.41, 5.74) is 5.26. The Morgan fingerprint density at radius 1 is 1.55 bits per heavy atom. The Hall–Kier alpha value is -0.410. The van der Waals surface area contributed by atoms with Crippen LogP contribution in [0.2, 0.25) is 0 Å². The minimum atomic E-state index is 0.0440. The van der Waals surface area contributed by atoms with Gasteiger partial charge in [-0.15, -0.1) is 0 Å². The van der Waals surface area contributed by atoms with Crippen molar-refractivity contribution in [3.8, 4) is 0 Å². The fraction of sp³-hybridized carbons (Fsp3) is 0.875. The van der Waals surface area contributed by atoms with E-state index in [9.17, 15) is 4.79 Å². The van der Waals surface area contributed by atoms with Crippen LogP contribution in [0, 0.1) is 0 Å². The monoisotopic (exact) mass is 156 g/mol. The molecule has 1 fully saturated rings. The third-order valence-electron chi connectivity index (χ3n) is 2.36. The Morgan fingerprint density at radius 2 is 2.09 bits per heavy atom. The number of likely N-dealkylation sites (tertiary alicyclic amines) is 1. The van der Waals surface area contributed by atoms with Crippen molar-refractivity contribution in [1.29, 1.82) is 0 Å². The maximum Gasteiger partial charge on any atom is 0.163 e. The van der Waals surface area contributed by atoms with Gasteiger partial charge in [0, 0.05) is 0 Å². The zero-order valence-electron chi connectivity index (χ0n) is 7.05. The molecule has 0 spiro atoms. The van der Waals surface area contributed by atoms with E-state index in [1.54, 1.807) is 0 Å². The third kappa shape index (κ3) is 2.01. The number of hydrogen-bond donors (Lipinski definition) is 1. The zero-order chi connectivity index (χ0) is 8.27. The van der Waals surface area contributed by atoms with Gasteiger partial charge in [-0.25, -0.2) is 0 Å². The summed E-state index contributed by atoms with van der Waals surface area (Å²) in [6.07, 6.45) is 2.45. The number of ketones is 1. The van der Waals surface area contributed by atoms with Gasteiger partial charge in [-0.3, -0.25) is 9.69 Å². The summed E-state index contributed by atoms with van der Waals surface area (Å²) in [6.45, 7) is 4.25. The molecular formula is C8H16N2O. The highest BCUT2D eigenvalue weighted by atomic mass is 16.1. The summed E-state index contributed by atoms with van der Waals surface area (Å²) in [4.78, 5) is 13.3. The first-order valence-corrected chi connectivity index (χ1v) is 4.22. The smallest absolute Gasteiger partial charge is 0.163 e. The predicted octanol–water partition coefficient (Wildman–Crippen LogP) is -0.00150. The molecule has 0 saturated carbocycles. The van der Waals surface area contributed by atoms with E-state index < -0.39 is 0 Å². The van der Waals surface area contributed by atoms with E-state index in [-0.39, 0.29) is 18.4 Å². The van der Waals surface area contributed by atoms with Crippen LogP contribution in [0.25, 0.3) is 0 Å². The minimum absolute atomic E-state index is 0.0440. The van der Waals surface area contributed by atoms with E-state index in [1.807, 2.05) is 6.92 Å². The lowest BCUT2D eigenvalue weighted by Gasteiger charge is -2.21. The average Bonchev–Trinajstić information content (AvgIpc) is 2.53. The van der Waals surface area contributed by atoms with Gasteiger partial charge in [0.1, 0.15) is 0 Å². The van der Waals surface area contributed by atoms with Crippen molar-refractivity contribution in [2.45, 2.75) is 25.8 Å². The van der Waals surface area contributed by atoms with Crippen molar-refractivity contribution < 1.29 is 4.79 Å². The number of rotatable bonds is 3. The first kappa shape index (κ1) is 8.68. The number of carbonyl (C=O) groups is 1. The number of Topliss-reactive ketones (excluding diaryl/α,β-unsaturated/α-hetero) is 1. The number of carbonyl (C=O) groups excluding carboxylic acids is 1. The quantitative estimate of drug-likeness (QED) is 0.625. The van der Waals surface area contributed by atoms with Gasteiger partial charge in [0.25, 0.3) is 0 Å². The van der Waals surface area contributed by atoms with E-state index in [0.29, 0.717) is 0 Å². The Bertz CT molecular complexity index is 141. The van der Waals surface area contributed by atoms with Crippen LogP contribution >= 0.6 is 0 Å². The van der Waals surface area contributed by atoms with Gasteiger partial charge < -0.3 is 5.73 Å². The fourth-order valence-corrected chi connectivity index (χ4v) is 1.50. The van der Waals surface area contributed by atoms with Crippen LogP contribution in [0.4, 0.5) is 0 Å². The molecule has 0 aromatic rings. The Labute approximate surface area is 67.5 Å². The molecule has 1 unspecified atom stereocenters. The van der Waals surface area contributed by atoms with Crippen molar-refractivity contribution in [2.24, 2.45) is 5.73 Å². The van der Waals surface area contributed by atoms with Gasteiger partial charge in [0.2, 0.25) is 0 Å². The van der Waals surface area contributed by atoms with Gasteiger partial charge in [0.05, 0.1) is 12.6 Å². The second-order valence-electron chi connectivity index (χ2n) is 3.09. The van der Waals surface area contributed by atoms with E-state index in [4.69, 9.17) is 5.73 Å². The standard InChI is InChI=1S/C8H16N2O/c1-7(8(11)6-9)10-4-2-3-5-10/h7H,2-6,9H2,1H3. The predicted molar refractivity (Wildman–Crippen MR) is 44.3 cm³/mol. The molecule has 3 heteroatoms. The highest BCUT2D eigenvalue weighted by Crippen LogP contribution is 2.11. The van der Waals surface area contributed by atoms with Gasteiger partial charge in [-0.05, 0) is 32.9 Å². The molecular weight excluding hydrogens is 140 g/mol. The molecule has 0 bridgehead atoms. The van der Waals surface area contributed by atoms with Crippen LogP contribution in [-0.2, 0) is 4.79 Å². The number of nitrogens with zero attached hydrogens (tertiary/aromatic N) is 1. The molecule has 1 heterocycles. The summed E-state index contributed by atoms with van der Waals surface area (Å²) in [6, 6.07) is 0.0440. The van der Waals surface area contributed by atoms with Crippen LogP contribution in [0.1, 0.15) is 19.8 Å². The topological polar surface area (TPSA) is 46.3 Å². The van der Waals surface area contributed by atoms with E-state index >= 15 is 0 Å². The molecule has 64 valence electrons. The van der Waals surface area contributed by atoms with Crippen molar-refractivity contribution in [3.63, 3.8) is 0 Å². The number of nitrogens with two attached hydrogens (primary N) is 1. The lowest BCUT2D eigenvalue weighted by Crippen LogP contribution is -2.39. The molecule has 0 aliphatic carbocycles. The molecule has 1 saturated heterocycles. The average molecular weight is 156 g/mol. The summed E-state index contributed by atoms with van der Waals surface area (Å²) in [7, 11) is 0. The lowest BCUT2D eigenvalue weighted by atomic mass is 10.2. The van der Waals surface area contributed by atoms with E-state index in [2.05, 4.69) is 4.90 Å². The Kier molecular flexibility index (Phi) is 3.02. The molecule has 11 heavy (non-hydrogen) atoms.